The van der Waals surface area contributed by atoms with Crippen LogP contribution in [0.15, 0.2) is 146 Å². The van der Waals surface area contributed by atoms with Crippen molar-refractivity contribution in [1.29, 1.82) is 0 Å². The zero-order chi connectivity index (χ0) is 40.4. The lowest BCUT2D eigenvalue weighted by molar-refractivity contribution is 0.0487. The Hall–Kier alpha value is -5.54. The summed E-state index contributed by atoms with van der Waals surface area (Å²) in [6.07, 6.45) is 0. The van der Waals surface area contributed by atoms with E-state index in [2.05, 4.69) is 0 Å². The summed E-state index contributed by atoms with van der Waals surface area (Å²) in [6.45, 7) is 11.8. The zero-order valence-electron chi connectivity index (χ0n) is 32.2. The first-order chi connectivity index (χ1) is 25.4. The van der Waals surface area contributed by atoms with Crippen molar-refractivity contribution in [3.8, 4) is 5.75 Å². The molecule has 0 radical (unpaired) electrons. The monoisotopic (exact) mass is 780 g/mol. The van der Waals surface area contributed by atoms with Crippen LogP contribution in [0.25, 0.3) is 0 Å². The van der Waals surface area contributed by atoms with Gasteiger partial charge in [0.05, 0.1) is 6.61 Å². The third kappa shape index (κ3) is 19.2. The Labute approximate surface area is 341 Å². The van der Waals surface area contributed by atoms with Gasteiger partial charge in [-0.2, -0.15) is 0 Å². The van der Waals surface area contributed by atoms with Crippen LogP contribution in [0.2, 0.25) is 0 Å². The summed E-state index contributed by atoms with van der Waals surface area (Å²) in [5.74, 6) is 0.278. The molecule has 0 aliphatic heterocycles. The number of benzene rings is 5. The molecule has 0 aromatic heterocycles. The number of ketones is 4. The summed E-state index contributed by atoms with van der Waals surface area (Å²) in [7, 11) is 0. The van der Waals surface area contributed by atoms with Crippen molar-refractivity contribution in [1.82, 2.24) is 0 Å². The van der Waals surface area contributed by atoms with Gasteiger partial charge in [0.2, 0.25) is 0 Å². The number of hydrogen-bond acceptors (Lipinski definition) is 8. The molecule has 5 aromatic carbocycles. The molecule has 5 aromatic rings. The van der Waals surface area contributed by atoms with E-state index in [9.17, 15) is 29.4 Å². The SMILES string of the molecule is C.C.C.CC(C)(C)C(=O)c1ccccc1.CC(C)(O)C(=O)c1ccc(OCCO)cc1.CC(C)(O)C(=O)c1ccccc1.O=C(c1ccccc1)c1ccccc1. The normalized spacial score (nSPS) is 10.3. The smallest absolute Gasteiger partial charge is 0.193 e. The van der Waals surface area contributed by atoms with Crippen LogP contribution in [0.3, 0.4) is 0 Å². The fraction of sp³-hybridized carbons (Fsp3) is 0.306. The summed E-state index contributed by atoms with van der Waals surface area (Å²) in [4.78, 5) is 46.6. The molecule has 0 atom stereocenters. The fourth-order valence-corrected chi connectivity index (χ4v) is 4.53. The maximum Gasteiger partial charge on any atom is 0.193 e. The van der Waals surface area contributed by atoms with E-state index in [4.69, 9.17) is 9.84 Å². The highest BCUT2D eigenvalue weighted by atomic mass is 16.5. The third-order valence-electron chi connectivity index (χ3n) is 7.41. The lowest BCUT2D eigenvalue weighted by Gasteiger charge is -2.16. The van der Waals surface area contributed by atoms with Crippen molar-refractivity contribution in [2.45, 2.75) is 81.9 Å². The van der Waals surface area contributed by atoms with Gasteiger partial charge in [-0.1, -0.05) is 164 Å². The van der Waals surface area contributed by atoms with Crippen LogP contribution in [-0.2, 0) is 0 Å². The first-order valence-electron chi connectivity index (χ1n) is 17.5. The highest BCUT2D eigenvalue weighted by Crippen LogP contribution is 2.20. The molecular weight excluding hydrogens is 717 g/mol. The zero-order valence-corrected chi connectivity index (χ0v) is 32.2. The number of hydrogen-bond donors (Lipinski definition) is 3. The Morgan fingerprint density at radius 2 is 0.719 bits per heavy atom. The lowest BCUT2D eigenvalue weighted by Crippen LogP contribution is -2.30. The second-order valence-electron chi connectivity index (χ2n) is 14.2. The fourth-order valence-electron chi connectivity index (χ4n) is 4.53. The molecule has 8 nitrogen and oxygen atoms in total. The molecule has 0 aliphatic rings. The van der Waals surface area contributed by atoms with Gasteiger partial charge < -0.3 is 20.1 Å². The predicted molar refractivity (Wildman–Crippen MR) is 233 cm³/mol. The number of ether oxygens (including phenoxy) is 1. The van der Waals surface area contributed by atoms with Gasteiger partial charge in [0, 0.05) is 33.2 Å². The van der Waals surface area contributed by atoms with E-state index in [1.165, 1.54) is 27.7 Å². The molecule has 5 rings (SSSR count). The Morgan fingerprint density at radius 1 is 0.439 bits per heavy atom. The standard InChI is InChI=1S/C13H10O.C12H16O4.C11H14O.C10H12O2.3CH4/c14-13(11-7-3-1-4-8-11)12-9-5-2-6-10-12;1-12(2,15)11(14)9-3-5-10(6-4-9)16-8-7-13;1-11(2,3)10(12)9-7-5-4-6-8-9;1-10(2,12)9(11)8-6-4-3-5-7-8;;;/h1-10H;3-6,13,15H,7-8H2,1-2H3;4-8H,1-3H3;3-7,12H,1-2H3;3*1H4. The molecule has 0 fully saturated rings. The highest BCUT2D eigenvalue weighted by Gasteiger charge is 2.26. The molecule has 0 saturated carbocycles. The molecule has 8 heteroatoms. The van der Waals surface area contributed by atoms with Gasteiger partial charge in [-0.15, -0.1) is 0 Å². The third-order valence-corrected chi connectivity index (χ3v) is 7.41. The average molecular weight is 781 g/mol. The molecule has 0 saturated heterocycles. The van der Waals surface area contributed by atoms with Crippen LogP contribution >= 0.6 is 0 Å². The summed E-state index contributed by atoms with van der Waals surface area (Å²) in [5.41, 5.74) is 0.326. The van der Waals surface area contributed by atoms with Gasteiger partial charge >= 0.3 is 0 Å². The number of rotatable bonds is 10. The van der Waals surface area contributed by atoms with Crippen molar-refractivity contribution in [2.24, 2.45) is 5.41 Å². The average Bonchev–Trinajstić information content (AvgIpc) is 3.17. The van der Waals surface area contributed by atoms with Gasteiger partial charge in [-0.05, 0) is 52.0 Å². The first kappa shape index (κ1) is 53.6. The molecule has 3 N–H and O–H groups in total. The molecule has 0 bridgehead atoms. The summed E-state index contributed by atoms with van der Waals surface area (Å²) in [6, 6.07) is 43.2. The minimum atomic E-state index is -1.37. The largest absolute Gasteiger partial charge is 0.491 e. The summed E-state index contributed by atoms with van der Waals surface area (Å²) < 4.78 is 5.15. The van der Waals surface area contributed by atoms with E-state index in [0.717, 1.165) is 16.7 Å². The minimum Gasteiger partial charge on any atom is -0.491 e. The van der Waals surface area contributed by atoms with Crippen molar-refractivity contribution in [2.75, 3.05) is 13.2 Å². The second-order valence-corrected chi connectivity index (χ2v) is 14.2. The van der Waals surface area contributed by atoms with Gasteiger partial charge in [0.1, 0.15) is 23.6 Å². The maximum absolute atomic E-state index is 11.8. The van der Waals surface area contributed by atoms with Gasteiger partial charge in [0.15, 0.2) is 23.1 Å². The highest BCUT2D eigenvalue weighted by molar-refractivity contribution is 6.09. The number of aliphatic hydroxyl groups excluding tert-OH is 1. The van der Waals surface area contributed by atoms with Crippen molar-refractivity contribution in [3.63, 3.8) is 0 Å². The summed E-state index contributed by atoms with van der Waals surface area (Å²) >= 11 is 0. The van der Waals surface area contributed by atoms with E-state index >= 15 is 0 Å². The predicted octanol–water partition coefficient (Wildman–Crippen LogP) is 10.4. The van der Waals surface area contributed by atoms with E-state index in [0.29, 0.717) is 16.9 Å². The van der Waals surface area contributed by atoms with E-state index in [-0.39, 0.29) is 64.0 Å². The van der Waals surface area contributed by atoms with Crippen molar-refractivity contribution in [3.05, 3.63) is 173 Å². The second kappa shape index (κ2) is 25.6. The Kier molecular flexibility index (Phi) is 24.0. The molecule has 0 heterocycles. The van der Waals surface area contributed by atoms with Gasteiger partial charge in [-0.25, -0.2) is 0 Å². The van der Waals surface area contributed by atoms with Crippen LogP contribution < -0.4 is 4.74 Å². The molecule has 0 amide bonds. The van der Waals surface area contributed by atoms with E-state index in [1.807, 2.05) is 118 Å². The lowest BCUT2D eigenvalue weighted by atomic mass is 9.87. The van der Waals surface area contributed by atoms with Gasteiger partial charge in [-0.3, -0.25) is 19.2 Å². The Balaban J connectivity index is 0. The number of aliphatic hydroxyl groups is 3. The molecule has 0 unspecified atom stereocenters. The number of carbonyl (C=O) groups excluding carboxylic acids is 4. The quantitative estimate of drug-likeness (QED) is 0.119. The van der Waals surface area contributed by atoms with Crippen LogP contribution in [0, 0.1) is 5.41 Å². The van der Waals surface area contributed by atoms with Crippen LogP contribution in [0.4, 0.5) is 0 Å². The van der Waals surface area contributed by atoms with Crippen LogP contribution in [0.5, 0.6) is 5.75 Å². The van der Waals surface area contributed by atoms with Crippen LogP contribution in [-0.4, -0.2) is 62.9 Å². The first-order valence-corrected chi connectivity index (χ1v) is 17.5. The van der Waals surface area contributed by atoms with Crippen molar-refractivity contribution >= 4 is 23.1 Å². The maximum atomic E-state index is 11.8. The topological polar surface area (TPSA) is 138 Å². The molecule has 0 aliphatic carbocycles. The summed E-state index contributed by atoms with van der Waals surface area (Å²) in [5, 5.41) is 27.5. The minimum absolute atomic E-state index is 0. The van der Waals surface area contributed by atoms with E-state index < -0.39 is 11.2 Å². The molecular formula is C49H64O8. The number of carbonyl (C=O) groups is 4. The number of Topliss-reactive ketones (excluding diaryl/α,β-unsaturated/α-hetero) is 3. The molecule has 0 spiro atoms. The Bertz CT molecular complexity index is 1760. The van der Waals surface area contributed by atoms with Gasteiger partial charge in [0.25, 0.3) is 0 Å². The molecule has 57 heavy (non-hydrogen) atoms. The van der Waals surface area contributed by atoms with Crippen LogP contribution in [0.1, 0.15) is 118 Å². The van der Waals surface area contributed by atoms with E-state index in [1.54, 1.807) is 48.5 Å². The Morgan fingerprint density at radius 3 is 1.00 bits per heavy atom. The van der Waals surface area contributed by atoms with Crippen molar-refractivity contribution < 1.29 is 39.2 Å². The molecule has 308 valence electrons.